The van der Waals surface area contributed by atoms with Crippen LogP contribution in [-0.2, 0) is 14.4 Å². The number of aliphatic carboxylic acids is 1. The molecule has 0 aromatic rings. The van der Waals surface area contributed by atoms with Gasteiger partial charge in [0.15, 0.2) is 0 Å². The number of ketones is 2. The van der Waals surface area contributed by atoms with E-state index in [4.69, 9.17) is 5.11 Å². The summed E-state index contributed by atoms with van der Waals surface area (Å²) in [6.45, 7) is 2.14. The maximum Gasteiger partial charge on any atom is 0.303 e. The third kappa shape index (κ3) is 4.78. The molecule has 2 aliphatic carbocycles. The molecule has 4 nitrogen and oxygen atoms in total. The maximum atomic E-state index is 12.5. The Bertz CT molecular complexity index is 494. The lowest BCUT2D eigenvalue weighted by Gasteiger charge is -2.34. The van der Waals surface area contributed by atoms with Crippen molar-refractivity contribution in [2.24, 2.45) is 23.7 Å². The van der Waals surface area contributed by atoms with Gasteiger partial charge in [-0.25, -0.2) is 0 Å². The number of carbonyl (C=O) groups is 3. The van der Waals surface area contributed by atoms with Gasteiger partial charge < -0.3 is 5.11 Å². The molecule has 0 saturated heterocycles. The van der Waals surface area contributed by atoms with Crippen molar-refractivity contribution < 1.29 is 19.5 Å². The highest BCUT2D eigenvalue weighted by molar-refractivity contribution is 5.88. The zero-order valence-corrected chi connectivity index (χ0v) is 14.7. The van der Waals surface area contributed by atoms with E-state index in [-0.39, 0.29) is 24.2 Å². The molecule has 4 atom stereocenters. The van der Waals surface area contributed by atoms with Crippen LogP contribution >= 0.6 is 0 Å². The predicted octanol–water partition coefficient (Wildman–Crippen LogP) is 4.18. The molecule has 4 heteroatoms. The highest BCUT2D eigenvalue weighted by atomic mass is 16.4. The molecule has 0 aromatic heterocycles. The second-order valence-electron chi connectivity index (χ2n) is 7.35. The molecule has 0 radical (unpaired) electrons. The molecule has 134 valence electrons. The monoisotopic (exact) mass is 334 g/mol. The molecule has 0 bridgehead atoms. The lowest BCUT2D eigenvalue weighted by Crippen LogP contribution is -2.34. The van der Waals surface area contributed by atoms with E-state index in [0.717, 1.165) is 38.5 Å². The number of fused-ring (bicyclic) bond motifs is 1. The minimum atomic E-state index is -0.762. The van der Waals surface area contributed by atoms with Crippen LogP contribution in [0, 0.1) is 23.7 Å². The van der Waals surface area contributed by atoms with Gasteiger partial charge in [-0.1, -0.05) is 31.9 Å². The molecule has 2 aliphatic rings. The molecule has 0 spiro atoms. The van der Waals surface area contributed by atoms with Crippen molar-refractivity contribution in [3.63, 3.8) is 0 Å². The fourth-order valence-corrected chi connectivity index (χ4v) is 4.50. The summed E-state index contributed by atoms with van der Waals surface area (Å²) in [5, 5.41) is 8.62. The summed E-state index contributed by atoms with van der Waals surface area (Å²) in [4.78, 5) is 35.2. The van der Waals surface area contributed by atoms with Crippen LogP contribution in [0.1, 0.15) is 71.1 Å². The number of carboxylic acids is 1. The van der Waals surface area contributed by atoms with E-state index in [9.17, 15) is 14.4 Å². The van der Waals surface area contributed by atoms with Crippen LogP contribution in [0.5, 0.6) is 0 Å². The Morgan fingerprint density at radius 3 is 2.62 bits per heavy atom. The average Bonchev–Trinajstić information content (AvgIpc) is 2.85. The third-order valence-electron chi connectivity index (χ3n) is 5.76. The quantitative estimate of drug-likeness (QED) is 0.507. The van der Waals surface area contributed by atoms with Crippen molar-refractivity contribution in [2.45, 2.75) is 71.1 Å². The second-order valence-corrected chi connectivity index (χ2v) is 7.35. The van der Waals surface area contributed by atoms with Crippen LogP contribution in [0.25, 0.3) is 0 Å². The van der Waals surface area contributed by atoms with E-state index in [0.29, 0.717) is 36.7 Å². The van der Waals surface area contributed by atoms with Crippen molar-refractivity contribution in [2.75, 3.05) is 0 Å². The Hall–Kier alpha value is -1.45. The second kappa shape index (κ2) is 9.14. The number of hydrogen-bond donors (Lipinski definition) is 1. The van der Waals surface area contributed by atoms with Gasteiger partial charge in [0.05, 0.1) is 0 Å². The molecule has 2 rings (SSSR count). The van der Waals surface area contributed by atoms with Gasteiger partial charge in [0.1, 0.15) is 11.6 Å². The molecule has 24 heavy (non-hydrogen) atoms. The first-order valence-corrected chi connectivity index (χ1v) is 9.46. The number of hydrogen-bond acceptors (Lipinski definition) is 3. The van der Waals surface area contributed by atoms with Crippen LogP contribution in [0.4, 0.5) is 0 Å². The van der Waals surface area contributed by atoms with Crippen molar-refractivity contribution in [1.29, 1.82) is 0 Å². The molecule has 2 unspecified atom stereocenters. The van der Waals surface area contributed by atoms with Gasteiger partial charge in [0.25, 0.3) is 0 Å². The molecule has 0 heterocycles. The Balaban J connectivity index is 1.88. The molecule has 1 N–H and O–H groups in total. The van der Waals surface area contributed by atoms with E-state index in [1.807, 2.05) is 12.2 Å². The summed E-state index contributed by atoms with van der Waals surface area (Å²) in [5.74, 6) is 0.775. The van der Waals surface area contributed by atoms with E-state index in [1.165, 1.54) is 0 Å². The molecular weight excluding hydrogens is 304 g/mol. The summed E-state index contributed by atoms with van der Waals surface area (Å²) in [7, 11) is 0. The fraction of sp³-hybridized carbons (Fsp3) is 0.750. The fourth-order valence-electron chi connectivity index (χ4n) is 4.50. The minimum absolute atomic E-state index is 0.0722. The Kier molecular flexibility index (Phi) is 7.19. The molecular formula is C20H30O4. The SMILES string of the molecule is CCCCC1C(=O)CC[C@@H]2C(C/C=C\CCCC(=O)O)C(=O)C[C@H]12. The minimum Gasteiger partial charge on any atom is -0.481 e. The summed E-state index contributed by atoms with van der Waals surface area (Å²) in [6, 6.07) is 0. The highest BCUT2D eigenvalue weighted by Crippen LogP contribution is 2.48. The van der Waals surface area contributed by atoms with Crippen molar-refractivity contribution >= 4 is 17.5 Å². The standard InChI is InChI=1S/C20H30O4/c1-2-3-8-16-17-13-19(22)15(14(17)11-12-18(16)21)9-6-4-5-7-10-20(23)24/h4,6,14-17H,2-3,5,7-13H2,1H3,(H,23,24)/b6-4-/t14-,15?,16?,17+/m1/s1. The summed E-state index contributed by atoms with van der Waals surface area (Å²) >= 11 is 0. The van der Waals surface area contributed by atoms with Crippen LogP contribution < -0.4 is 0 Å². The van der Waals surface area contributed by atoms with Crippen LogP contribution in [0.15, 0.2) is 12.2 Å². The molecule has 0 amide bonds. The zero-order valence-electron chi connectivity index (χ0n) is 14.7. The normalized spacial score (nSPS) is 30.0. The van der Waals surface area contributed by atoms with Gasteiger partial charge in [-0.05, 0) is 43.9 Å². The smallest absolute Gasteiger partial charge is 0.303 e. The van der Waals surface area contributed by atoms with E-state index in [2.05, 4.69) is 6.92 Å². The third-order valence-corrected chi connectivity index (χ3v) is 5.76. The van der Waals surface area contributed by atoms with Crippen molar-refractivity contribution in [3.05, 3.63) is 12.2 Å². The first-order valence-electron chi connectivity index (χ1n) is 9.46. The van der Waals surface area contributed by atoms with Gasteiger partial charge in [0.2, 0.25) is 0 Å². The number of carboxylic acid groups (broad SMARTS) is 1. The molecule has 0 aromatic carbocycles. The summed E-state index contributed by atoms with van der Waals surface area (Å²) in [5.41, 5.74) is 0. The van der Waals surface area contributed by atoms with Gasteiger partial charge in [0, 0.05) is 31.1 Å². The Morgan fingerprint density at radius 1 is 1.12 bits per heavy atom. The Morgan fingerprint density at radius 2 is 1.92 bits per heavy atom. The van der Waals surface area contributed by atoms with Crippen LogP contribution in [-0.4, -0.2) is 22.6 Å². The first kappa shape index (κ1) is 18.9. The topological polar surface area (TPSA) is 71.4 Å². The largest absolute Gasteiger partial charge is 0.481 e. The van der Waals surface area contributed by atoms with E-state index >= 15 is 0 Å². The van der Waals surface area contributed by atoms with E-state index in [1.54, 1.807) is 0 Å². The molecule has 2 saturated carbocycles. The van der Waals surface area contributed by atoms with Gasteiger partial charge in [-0.2, -0.15) is 0 Å². The molecule has 0 aliphatic heterocycles. The number of unbranched alkanes of at least 4 members (excludes halogenated alkanes) is 2. The van der Waals surface area contributed by atoms with E-state index < -0.39 is 5.97 Å². The summed E-state index contributed by atoms with van der Waals surface area (Å²) in [6.07, 6.45) is 11.6. The zero-order chi connectivity index (χ0) is 17.5. The maximum absolute atomic E-state index is 12.5. The van der Waals surface area contributed by atoms with Crippen LogP contribution in [0.3, 0.4) is 0 Å². The first-order chi connectivity index (χ1) is 11.5. The predicted molar refractivity (Wildman–Crippen MR) is 92.6 cm³/mol. The van der Waals surface area contributed by atoms with Crippen molar-refractivity contribution in [1.82, 2.24) is 0 Å². The number of Topliss-reactive ketones (excluding diaryl/α,β-unsaturated/α-hetero) is 2. The number of allylic oxidation sites excluding steroid dienone is 2. The van der Waals surface area contributed by atoms with Gasteiger partial charge in [-0.15, -0.1) is 0 Å². The summed E-state index contributed by atoms with van der Waals surface area (Å²) < 4.78 is 0. The highest BCUT2D eigenvalue weighted by Gasteiger charge is 2.48. The number of carbonyl (C=O) groups excluding carboxylic acids is 2. The number of rotatable bonds is 9. The Labute approximate surface area is 144 Å². The molecule has 2 fully saturated rings. The average molecular weight is 334 g/mol. The van der Waals surface area contributed by atoms with Crippen LogP contribution in [0.2, 0.25) is 0 Å². The van der Waals surface area contributed by atoms with Crippen molar-refractivity contribution in [3.8, 4) is 0 Å². The lowest BCUT2D eigenvalue weighted by molar-refractivity contribution is -0.137. The lowest BCUT2D eigenvalue weighted by atomic mass is 9.69. The van der Waals surface area contributed by atoms with Gasteiger partial charge >= 0.3 is 5.97 Å². The van der Waals surface area contributed by atoms with Gasteiger partial charge in [-0.3, -0.25) is 14.4 Å².